The molecule has 1 aliphatic rings. The van der Waals surface area contributed by atoms with Crippen molar-refractivity contribution in [3.63, 3.8) is 0 Å². The molecule has 126 valence electrons. The van der Waals surface area contributed by atoms with E-state index in [2.05, 4.69) is 14.7 Å². The zero-order chi connectivity index (χ0) is 17.3. The molecule has 1 aromatic heterocycles. The second-order valence-electron chi connectivity index (χ2n) is 6.19. The number of anilines is 1. The molecule has 0 atom stereocenters. The molecule has 4 nitrogen and oxygen atoms in total. The maximum atomic E-state index is 13.6. The first-order chi connectivity index (χ1) is 12.2. The molecule has 0 unspecified atom stereocenters. The smallest absolute Gasteiger partial charge is 0.236 e. The van der Waals surface area contributed by atoms with Crippen molar-refractivity contribution < 1.29 is 9.18 Å². The Kier molecular flexibility index (Phi) is 4.05. The third-order valence-electron chi connectivity index (χ3n) is 4.70. The highest BCUT2D eigenvalue weighted by Gasteiger charge is 2.46. The summed E-state index contributed by atoms with van der Waals surface area (Å²) in [6.07, 6.45) is 2.38. The molecule has 1 amide bonds. The van der Waals surface area contributed by atoms with Crippen LogP contribution in [0.25, 0.3) is 11.4 Å². The van der Waals surface area contributed by atoms with Crippen LogP contribution in [0.15, 0.2) is 54.6 Å². The monoisotopic (exact) mass is 353 g/mol. The highest BCUT2D eigenvalue weighted by Crippen LogP contribution is 2.44. The van der Waals surface area contributed by atoms with E-state index < -0.39 is 5.41 Å². The van der Waals surface area contributed by atoms with Crippen molar-refractivity contribution in [3.05, 3.63) is 66.0 Å². The van der Waals surface area contributed by atoms with Gasteiger partial charge in [0, 0.05) is 17.1 Å². The van der Waals surface area contributed by atoms with Crippen LogP contribution in [0.2, 0.25) is 0 Å². The van der Waals surface area contributed by atoms with E-state index in [0.717, 1.165) is 29.1 Å². The second-order valence-corrected chi connectivity index (χ2v) is 6.94. The highest BCUT2D eigenvalue weighted by molar-refractivity contribution is 7.10. The molecular weight excluding hydrogens is 337 g/mol. The lowest BCUT2D eigenvalue weighted by Gasteiger charge is -2.40. The predicted molar refractivity (Wildman–Crippen MR) is 95.9 cm³/mol. The van der Waals surface area contributed by atoms with Gasteiger partial charge in [0.1, 0.15) is 5.82 Å². The fourth-order valence-electron chi connectivity index (χ4n) is 3.16. The van der Waals surface area contributed by atoms with Crippen molar-refractivity contribution in [1.82, 2.24) is 9.36 Å². The van der Waals surface area contributed by atoms with Crippen molar-refractivity contribution >= 4 is 22.6 Å². The molecular formula is C19H16FN3OS. The van der Waals surface area contributed by atoms with Crippen molar-refractivity contribution in [1.29, 1.82) is 0 Å². The Bertz CT molecular complexity index is 906. The number of nitrogens with zero attached hydrogens (tertiary/aromatic N) is 2. The number of halogens is 1. The molecule has 0 aliphatic heterocycles. The molecule has 4 rings (SSSR count). The highest BCUT2D eigenvalue weighted by atomic mass is 32.1. The zero-order valence-electron chi connectivity index (χ0n) is 13.4. The summed E-state index contributed by atoms with van der Waals surface area (Å²) in [6.45, 7) is 0. The fraction of sp³-hybridized carbons (Fsp3) is 0.211. The number of benzene rings is 2. The van der Waals surface area contributed by atoms with Crippen LogP contribution in [0, 0.1) is 5.82 Å². The van der Waals surface area contributed by atoms with E-state index >= 15 is 0 Å². The summed E-state index contributed by atoms with van der Waals surface area (Å²) in [7, 11) is 0. The van der Waals surface area contributed by atoms with Gasteiger partial charge in [-0.2, -0.15) is 9.36 Å². The van der Waals surface area contributed by atoms with Gasteiger partial charge in [0.05, 0.1) is 5.41 Å². The third kappa shape index (κ3) is 2.93. The molecule has 1 aliphatic carbocycles. The van der Waals surface area contributed by atoms with Crippen LogP contribution < -0.4 is 5.32 Å². The minimum absolute atomic E-state index is 0.139. The van der Waals surface area contributed by atoms with Gasteiger partial charge >= 0.3 is 0 Å². The number of nitrogens with one attached hydrogen (secondary N) is 1. The van der Waals surface area contributed by atoms with Crippen LogP contribution in [-0.4, -0.2) is 15.3 Å². The van der Waals surface area contributed by atoms with Gasteiger partial charge in [-0.3, -0.25) is 10.1 Å². The van der Waals surface area contributed by atoms with Gasteiger partial charge in [-0.05, 0) is 30.5 Å². The first-order valence-corrected chi connectivity index (χ1v) is 8.91. The Labute approximate surface area is 148 Å². The van der Waals surface area contributed by atoms with Crippen LogP contribution in [0.1, 0.15) is 24.8 Å². The van der Waals surface area contributed by atoms with Gasteiger partial charge in [-0.1, -0.05) is 48.9 Å². The number of rotatable bonds is 4. The Morgan fingerprint density at radius 2 is 1.92 bits per heavy atom. The summed E-state index contributed by atoms with van der Waals surface area (Å²) in [6, 6.07) is 15.9. The lowest BCUT2D eigenvalue weighted by molar-refractivity contribution is -0.124. The molecule has 2 aromatic carbocycles. The van der Waals surface area contributed by atoms with Gasteiger partial charge < -0.3 is 0 Å². The Morgan fingerprint density at radius 3 is 2.60 bits per heavy atom. The lowest BCUT2D eigenvalue weighted by Crippen LogP contribution is -2.46. The quantitative estimate of drug-likeness (QED) is 0.756. The first kappa shape index (κ1) is 15.9. The Morgan fingerprint density at radius 1 is 1.12 bits per heavy atom. The lowest BCUT2D eigenvalue weighted by atomic mass is 9.64. The van der Waals surface area contributed by atoms with Gasteiger partial charge in [0.25, 0.3) is 0 Å². The average molecular weight is 353 g/mol. The molecule has 1 saturated carbocycles. The van der Waals surface area contributed by atoms with Gasteiger partial charge in [0.2, 0.25) is 11.0 Å². The topological polar surface area (TPSA) is 54.9 Å². The number of aromatic nitrogens is 2. The maximum absolute atomic E-state index is 13.6. The average Bonchev–Trinajstić information content (AvgIpc) is 3.03. The van der Waals surface area contributed by atoms with E-state index in [0.29, 0.717) is 23.8 Å². The summed E-state index contributed by atoms with van der Waals surface area (Å²) in [5, 5.41) is 3.34. The predicted octanol–water partition coefficient (Wildman–Crippen LogP) is 4.40. The van der Waals surface area contributed by atoms with Crippen LogP contribution >= 0.6 is 11.5 Å². The van der Waals surface area contributed by atoms with E-state index in [4.69, 9.17) is 0 Å². The molecule has 1 fully saturated rings. The summed E-state index contributed by atoms with van der Waals surface area (Å²) >= 11 is 1.15. The number of carbonyl (C=O) groups is 1. The van der Waals surface area contributed by atoms with Crippen molar-refractivity contribution in [2.45, 2.75) is 24.7 Å². The molecule has 0 spiro atoms. The largest absolute Gasteiger partial charge is 0.300 e. The number of hydrogen-bond donors (Lipinski definition) is 1. The van der Waals surface area contributed by atoms with Crippen LogP contribution in [-0.2, 0) is 10.2 Å². The molecule has 25 heavy (non-hydrogen) atoms. The van der Waals surface area contributed by atoms with Crippen molar-refractivity contribution in [3.8, 4) is 11.4 Å². The molecule has 1 N–H and O–H groups in total. The molecule has 6 heteroatoms. The molecule has 3 aromatic rings. The summed E-state index contributed by atoms with van der Waals surface area (Å²) in [4.78, 5) is 17.3. The molecule has 0 radical (unpaired) electrons. The molecule has 1 heterocycles. The van der Waals surface area contributed by atoms with Gasteiger partial charge in [0.15, 0.2) is 5.82 Å². The summed E-state index contributed by atoms with van der Waals surface area (Å²) in [5.74, 6) is 0.133. The van der Waals surface area contributed by atoms with E-state index in [1.165, 1.54) is 12.1 Å². The van der Waals surface area contributed by atoms with Crippen molar-refractivity contribution in [2.75, 3.05) is 5.32 Å². The van der Waals surface area contributed by atoms with E-state index in [1.807, 2.05) is 36.4 Å². The molecule has 0 bridgehead atoms. The third-order valence-corrected chi connectivity index (χ3v) is 5.33. The number of amides is 1. The van der Waals surface area contributed by atoms with Crippen molar-refractivity contribution in [2.24, 2.45) is 0 Å². The fourth-order valence-corrected chi connectivity index (χ4v) is 3.74. The summed E-state index contributed by atoms with van der Waals surface area (Å²) < 4.78 is 17.9. The van der Waals surface area contributed by atoms with Crippen LogP contribution in [0.5, 0.6) is 0 Å². The second kappa shape index (κ2) is 6.37. The molecule has 0 saturated heterocycles. The van der Waals surface area contributed by atoms with E-state index in [-0.39, 0.29) is 11.7 Å². The first-order valence-electron chi connectivity index (χ1n) is 8.14. The maximum Gasteiger partial charge on any atom is 0.236 e. The van der Waals surface area contributed by atoms with E-state index in [9.17, 15) is 9.18 Å². The SMILES string of the molecule is O=C(Nc1nc(-c2ccccc2)ns1)C1(c2cccc(F)c2)CCC1. The van der Waals surface area contributed by atoms with Crippen LogP contribution in [0.3, 0.4) is 0 Å². The Hall–Kier alpha value is -2.60. The normalized spacial score (nSPS) is 15.4. The standard InChI is InChI=1S/C19H16FN3OS/c20-15-9-4-8-14(12-15)19(10-5-11-19)17(24)22-18-21-16(23-25-18)13-6-2-1-3-7-13/h1-4,6-9,12H,5,10-11H2,(H,21,22,23,24). The number of carbonyl (C=O) groups excluding carboxylic acids is 1. The number of hydrogen-bond acceptors (Lipinski definition) is 4. The van der Waals surface area contributed by atoms with E-state index in [1.54, 1.807) is 6.07 Å². The van der Waals surface area contributed by atoms with Crippen LogP contribution in [0.4, 0.5) is 9.52 Å². The summed E-state index contributed by atoms with van der Waals surface area (Å²) in [5.41, 5.74) is 0.965. The van der Waals surface area contributed by atoms with Gasteiger partial charge in [-0.15, -0.1) is 0 Å². The Balaban J connectivity index is 1.56. The minimum atomic E-state index is -0.666. The zero-order valence-corrected chi connectivity index (χ0v) is 14.2. The van der Waals surface area contributed by atoms with Gasteiger partial charge in [-0.25, -0.2) is 4.39 Å². The minimum Gasteiger partial charge on any atom is -0.300 e.